The Bertz CT molecular complexity index is 1800. The van der Waals surface area contributed by atoms with Crippen molar-refractivity contribution in [1.82, 2.24) is 4.57 Å². The highest BCUT2D eigenvalue weighted by Crippen LogP contribution is 2.41. The van der Waals surface area contributed by atoms with Crippen LogP contribution in [0.1, 0.15) is 34.7 Å². The molecule has 6 rings (SSSR count). The number of hydrogen-bond acceptors (Lipinski definition) is 6. The van der Waals surface area contributed by atoms with Gasteiger partial charge in [-0.15, -0.1) is 0 Å². The zero-order valence-electron chi connectivity index (χ0n) is 21.8. The second-order valence-electron chi connectivity index (χ2n) is 9.40. The summed E-state index contributed by atoms with van der Waals surface area (Å²) in [7, 11) is 3.26. The molecule has 1 aromatic heterocycles. The largest absolute Gasteiger partial charge is 0.497 e. The topological polar surface area (TPSA) is 62.0 Å². The van der Waals surface area contributed by atoms with E-state index in [-0.39, 0.29) is 11.6 Å². The highest BCUT2D eigenvalue weighted by atomic mass is 32.1. The highest BCUT2D eigenvalue weighted by Gasteiger charge is 2.32. The fraction of sp³-hybridized carbons (Fsp3) is 0.188. The number of thiazole rings is 1. The molecule has 0 radical (unpaired) electrons. The van der Waals surface area contributed by atoms with Crippen molar-refractivity contribution in [2.45, 2.75) is 18.9 Å². The lowest BCUT2D eigenvalue weighted by Crippen LogP contribution is -2.38. The fourth-order valence-corrected chi connectivity index (χ4v) is 6.33. The van der Waals surface area contributed by atoms with Gasteiger partial charge in [-0.1, -0.05) is 66.5 Å². The van der Waals surface area contributed by atoms with E-state index >= 15 is 0 Å². The van der Waals surface area contributed by atoms with Crippen LogP contribution in [0.5, 0.6) is 17.2 Å². The SMILES string of the molecule is C=CCOc1ccc(/C=c2\sc3n(c2=O)[C@@H](c2cccc(OC)c2)C2=C(N=3)c3ccccc3CC2)cc1OC. The number of aryl methyl sites for hydroxylation is 1. The minimum absolute atomic E-state index is 0.0667. The number of fused-ring (bicyclic) bond motifs is 3. The van der Waals surface area contributed by atoms with Crippen LogP contribution in [0.15, 0.2) is 94.7 Å². The second kappa shape index (κ2) is 10.4. The van der Waals surface area contributed by atoms with E-state index in [1.165, 1.54) is 16.9 Å². The monoisotopic (exact) mass is 536 g/mol. The number of ether oxygens (including phenoxy) is 3. The molecule has 1 aliphatic carbocycles. The summed E-state index contributed by atoms with van der Waals surface area (Å²) in [6, 6.07) is 21.8. The molecular weight excluding hydrogens is 508 g/mol. The van der Waals surface area contributed by atoms with Crippen molar-refractivity contribution in [2.24, 2.45) is 4.99 Å². The number of rotatable bonds is 7. The number of hydrogen-bond donors (Lipinski definition) is 0. The van der Waals surface area contributed by atoms with Gasteiger partial charge in [0.05, 0.1) is 30.5 Å². The van der Waals surface area contributed by atoms with Crippen LogP contribution in [0, 0.1) is 0 Å². The Morgan fingerprint density at radius 1 is 1.03 bits per heavy atom. The molecule has 2 heterocycles. The first kappa shape index (κ1) is 24.9. The molecule has 6 nitrogen and oxygen atoms in total. The van der Waals surface area contributed by atoms with Gasteiger partial charge in [0, 0.05) is 5.56 Å². The number of aromatic nitrogens is 1. The third kappa shape index (κ3) is 4.49. The van der Waals surface area contributed by atoms with E-state index in [1.807, 2.05) is 47.0 Å². The van der Waals surface area contributed by atoms with Gasteiger partial charge in [-0.3, -0.25) is 9.36 Å². The Hall–Kier alpha value is -4.36. The first-order valence-corrected chi connectivity index (χ1v) is 13.6. The summed E-state index contributed by atoms with van der Waals surface area (Å²) in [6.07, 6.45) is 5.33. The summed E-state index contributed by atoms with van der Waals surface area (Å²) < 4.78 is 19.2. The van der Waals surface area contributed by atoms with Gasteiger partial charge in [0.25, 0.3) is 5.56 Å². The summed E-state index contributed by atoms with van der Waals surface area (Å²) in [4.78, 5) is 19.8. The maximum Gasteiger partial charge on any atom is 0.271 e. The summed E-state index contributed by atoms with van der Waals surface area (Å²) in [5, 5.41) is 0. The van der Waals surface area contributed by atoms with Crippen LogP contribution in [-0.2, 0) is 6.42 Å². The van der Waals surface area contributed by atoms with Gasteiger partial charge in [-0.25, -0.2) is 4.99 Å². The van der Waals surface area contributed by atoms with Crippen molar-refractivity contribution in [2.75, 3.05) is 20.8 Å². The fourth-order valence-electron chi connectivity index (χ4n) is 5.33. The molecule has 0 unspecified atom stereocenters. The van der Waals surface area contributed by atoms with Gasteiger partial charge in [-0.05, 0) is 65.4 Å². The summed E-state index contributed by atoms with van der Waals surface area (Å²) in [5.74, 6) is 1.98. The van der Waals surface area contributed by atoms with Crippen molar-refractivity contribution in [3.8, 4) is 17.2 Å². The Kier molecular flexibility index (Phi) is 6.67. The summed E-state index contributed by atoms with van der Waals surface area (Å²) >= 11 is 1.40. The molecule has 1 aliphatic heterocycles. The van der Waals surface area contributed by atoms with E-state index in [9.17, 15) is 4.79 Å². The van der Waals surface area contributed by atoms with E-state index in [1.54, 1.807) is 20.3 Å². The second-order valence-corrected chi connectivity index (χ2v) is 10.4. The first-order chi connectivity index (χ1) is 19.1. The normalized spacial score (nSPS) is 16.1. The Morgan fingerprint density at radius 2 is 1.90 bits per heavy atom. The minimum Gasteiger partial charge on any atom is -0.497 e. The van der Waals surface area contributed by atoms with Gasteiger partial charge in [-0.2, -0.15) is 0 Å². The van der Waals surface area contributed by atoms with Crippen molar-refractivity contribution >= 4 is 23.1 Å². The molecule has 0 saturated heterocycles. The van der Waals surface area contributed by atoms with Crippen LogP contribution < -0.4 is 29.1 Å². The minimum atomic E-state index is -0.258. The average Bonchev–Trinajstić information content (AvgIpc) is 3.29. The van der Waals surface area contributed by atoms with Crippen LogP contribution in [0.4, 0.5) is 0 Å². The summed E-state index contributed by atoms with van der Waals surface area (Å²) in [6.45, 7) is 4.08. The van der Waals surface area contributed by atoms with Gasteiger partial charge in [0.1, 0.15) is 12.4 Å². The number of nitrogens with zero attached hydrogens (tertiary/aromatic N) is 2. The van der Waals surface area contributed by atoms with E-state index in [4.69, 9.17) is 19.2 Å². The summed E-state index contributed by atoms with van der Waals surface area (Å²) in [5.41, 5.74) is 6.35. The van der Waals surface area contributed by atoms with Gasteiger partial charge < -0.3 is 14.2 Å². The molecule has 7 heteroatoms. The van der Waals surface area contributed by atoms with Crippen molar-refractivity contribution in [3.63, 3.8) is 0 Å². The quantitative estimate of drug-likeness (QED) is 0.315. The molecule has 2 aliphatic rings. The van der Waals surface area contributed by atoms with E-state index in [2.05, 4.69) is 36.9 Å². The molecule has 39 heavy (non-hydrogen) atoms. The smallest absolute Gasteiger partial charge is 0.271 e. The van der Waals surface area contributed by atoms with Crippen LogP contribution in [-0.4, -0.2) is 25.4 Å². The third-order valence-corrected chi connectivity index (χ3v) is 8.11. The van der Waals surface area contributed by atoms with E-state index in [0.29, 0.717) is 27.4 Å². The average molecular weight is 537 g/mol. The molecule has 0 bridgehead atoms. The molecule has 0 fully saturated rings. The van der Waals surface area contributed by atoms with Crippen LogP contribution in [0.3, 0.4) is 0 Å². The van der Waals surface area contributed by atoms with Gasteiger partial charge >= 0.3 is 0 Å². The van der Waals surface area contributed by atoms with E-state index in [0.717, 1.165) is 46.6 Å². The third-order valence-electron chi connectivity index (χ3n) is 7.12. The highest BCUT2D eigenvalue weighted by molar-refractivity contribution is 7.07. The Morgan fingerprint density at radius 3 is 2.72 bits per heavy atom. The predicted octanol–water partition coefficient (Wildman–Crippen LogP) is 4.90. The molecular formula is C32H28N2O4S. The lowest BCUT2D eigenvalue weighted by molar-refractivity contribution is 0.326. The lowest BCUT2D eigenvalue weighted by Gasteiger charge is -2.31. The van der Waals surface area contributed by atoms with Gasteiger partial charge in [0.2, 0.25) is 0 Å². The number of benzene rings is 3. The maximum atomic E-state index is 14.0. The molecule has 1 atom stereocenters. The van der Waals surface area contributed by atoms with Crippen molar-refractivity contribution in [1.29, 1.82) is 0 Å². The van der Waals surface area contributed by atoms with Crippen LogP contribution >= 0.6 is 11.3 Å². The molecule has 0 spiro atoms. The molecule has 0 N–H and O–H groups in total. The predicted molar refractivity (Wildman–Crippen MR) is 154 cm³/mol. The van der Waals surface area contributed by atoms with Crippen molar-refractivity contribution < 1.29 is 14.2 Å². The first-order valence-electron chi connectivity index (χ1n) is 12.8. The zero-order chi connectivity index (χ0) is 26.9. The standard InChI is InChI=1S/C32H28N2O4S/c1-4-16-38-26-15-12-20(17-27(26)37-3)18-28-31(35)34-30(22-9-7-10-23(19-22)36-2)25-14-13-21-8-5-6-11-24(21)29(25)33-32(34)39-28/h4-12,15,17-19,30H,1,13-14,16H2,2-3H3/b28-18-/t30-/m0/s1. The molecule has 0 saturated carbocycles. The lowest BCUT2D eigenvalue weighted by atomic mass is 9.83. The molecule has 196 valence electrons. The van der Waals surface area contributed by atoms with E-state index < -0.39 is 0 Å². The van der Waals surface area contributed by atoms with Gasteiger partial charge in [0.15, 0.2) is 16.3 Å². The number of allylic oxidation sites excluding steroid dienone is 1. The van der Waals surface area contributed by atoms with Crippen LogP contribution in [0.2, 0.25) is 0 Å². The Labute approximate surface area is 230 Å². The molecule has 3 aromatic carbocycles. The van der Waals surface area contributed by atoms with Crippen LogP contribution in [0.25, 0.3) is 11.8 Å². The maximum absolute atomic E-state index is 14.0. The van der Waals surface area contributed by atoms with Crippen molar-refractivity contribution in [3.05, 3.63) is 127 Å². The zero-order valence-corrected chi connectivity index (χ0v) is 22.7. The number of methoxy groups -OCH3 is 2. The Balaban J connectivity index is 1.54. The molecule has 4 aromatic rings. The molecule has 0 amide bonds.